The molecule has 0 spiro atoms. The monoisotopic (exact) mass is 198 g/mol. The molecule has 0 saturated heterocycles. The third kappa shape index (κ3) is 2.86. The highest BCUT2D eigenvalue weighted by Crippen LogP contribution is 2.37. The Hall–Kier alpha value is -0.490. The van der Waals surface area contributed by atoms with Crippen LogP contribution in [0.1, 0.15) is 6.92 Å². The largest absolute Gasteiger partial charge is 0.420 e. The van der Waals surface area contributed by atoms with E-state index in [2.05, 4.69) is 0 Å². The molecule has 0 aromatic heterocycles. The van der Waals surface area contributed by atoms with Gasteiger partial charge >= 0.3 is 12.4 Å². The lowest BCUT2D eigenvalue weighted by Gasteiger charge is -2.21. The Kier molecular flexibility index (Phi) is 2.97. The first kappa shape index (κ1) is 11.5. The number of alkyl halides is 7. The van der Waals surface area contributed by atoms with E-state index in [1.807, 2.05) is 0 Å². The average molecular weight is 198 g/mol. The molecule has 0 heterocycles. The Morgan fingerprint density at radius 2 is 1.17 bits per heavy atom. The van der Waals surface area contributed by atoms with Crippen molar-refractivity contribution in [1.82, 2.24) is 0 Å². The molecule has 74 valence electrons. The third-order valence-electron chi connectivity index (χ3n) is 1.27. The number of rotatable bonds is 1. The van der Waals surface area contributed by atoms with Gasteiger partial charge in [-0.3, -0.25) is 0 Å². The molecule has 12 heavy (non-hydrogen) atoms. The van der Waals surface area contributed by atoms with Crippen LogP contribution in [-0.4, -0.2) is 18.5 Å². The zero-order valence-electron chi connectivity index (χ0n) is 5.80. The molecule has 0 nitrogen and oxygen atoms in total. The van der Waals surface area contributed by atoms with E-state index in [0.717, 1.165) is 0 Å². The molecule has 0 aromatic carbocycles. The minimum absolute atomic E-state index is 0.151. The van der Waals surface area contributed by atoms with Crippen LogP contribution in [0.4, 0.5) is 30.7 Å². The van der Waals surface area contributed by atoms with Crippen LogP contribution in [0.15, 0.2) is 0 Å². The van der Waals surface area contributed by atoms with E-state index in [9.17, 15) is 30.7 Å². The molecule has 0 saturated carbocycles. The molecule has 0 rings (SSSR count). The molecule has 0 aliphatic rings. The molecule has 0 amide bonds. The maximum Gasteiger partial charge on any atom is 0.420 e. The van der Waals surface area contributed by atoms with Gasteiger partial charge in [0.2, 0.25) is 6.17 Å². The van der Waals surface area contributed by atoms with Crippen molar-refractivity contribution in [3.8, 4) is 0 Å². The molecule has 2 unspecified atom stereocenters. The molecular weight excluding hydrogens is 193 g/mol. The standard InChI is InChI=1S/C5H5F7/c1-2(4(7,8)9)3(6)5(10,11)12/h2-3H,1H3. The molecule has 0 aliphatic carbocycles. The molecule has 0 aliphatic heterocycles. The second kappa shape index (κ2) is 3.10. The van der Waals surface area contributed by atoms with Crippen molar-refractivity contribution in [3.63, 3.8) is 0 Å². The van der Waals surface area contributed by atoms with Crippen LogP contribution < -0.4 is 0 Å². The molecule has 0 bridgehead atoms. The fourth-order valence-corrected chi connectivity index (χ4v) is 0.449. The van der Waals surface area contributed by atoms with E-state index in [1.54, 1.807) is 0 Å². The SMILES string of the molecule is CC(C(F)C(F)(F)F)C(F)(F)F. The highest BCUT2D eigenvalue weighted by Gasteiger charge is 2.53. The number of hydrogen-bond donors (Lipinski definition) is 0. The summed E-state index contributed by atoms with van der Waals surface area (Å²) in [5, 5.41) is 0. The fraction of sp³-hybridized carbons (Fsp3) is 1.00. The lowest BCUT2D eigenvalue weighted by molar-refractivity contribution is -0.251. The zero-order chi connectivity index (χ0) is 10.2. The van der Waals surface area contributed by atoms with Crippen LogP contribution in [0.2, 0.25) is 0 Å². The molecular formula is C5H5F7. The van der Waals surface area contributed by atoms with Crippen LogP contribution in [0.25, 0.3) is 0 Å². The van der Waals surface area contributed by atoms with Gasteiger partial charge in [0.25, 0.3) is 0 Å². The lowest BCUT2D eigenvalue weighted by atomic mass is 10.1. The van der Waals surface area contributed by atoms with E-state index in [4.69, 9.17) is 0 Å². The zero-order valence-corrected chi connectivity index (χ0v) is 5.80. The second-order valence-corrected chi connectivity index (χ2v) is 2.27. The minimum atomic E-state index is -5.45. The van der Waals surface area contributed by atoms with Crippen molar-refractivity contribution in [2.45, 2.75) is 25.4 Å². The van der Waals surface area contributed by atoms with Crippen LogP contribution in [-0.2, 0) is 0 Å². The Morgan fingerprint density at radius 1 is 0.833 bits per heavy atom. The van der Waals surface area contributed by atoms with Gasteiger partial charge in [-0.05, 0) is 0 Å². The summed E-state index contributed by atoms with van der Waals surface area (Å²) < 4.78 is 80.5. The smallest absolute Gasteiger partial charge is 0.237 e. The lowest BCUT2D eigenvalue weighted by Crippen LogP contribution is -2.38. The Morgan fingerprint density at radius 3 is 1.25 bits per heavy atom. The van der Waals surface area contributed by atoms with Gasteiger partial charge in [0.15, 0.2) is 0 Å². The predicted molar refractivity (Wildman–Crippen MR) is 26.2 cm³/mol. The van der Waals surface area contributed by atoms with Crippen LogP contribution in [0.3, 0.4) is 0 Å². The summed E-state index contributed by atoms with van der Waals surface area (Å²) in [7, 11) is 0. The van der Waals surface area contributed by atoms with E-state index >= 15 is 0 Å². The average Bonchev–Trinajstić information content (AvgIpc) is 1.80. The van der Waals surface area contributed by atoms with Crippen LogP contribution in [0.5, 0.6) is 0 Å². The molecule has 2 atom stereocenters. The van der Waals surface area contributed by atoms with E-state index in [-0.39, 0.29) is 6.92 Å². The summed E-state index contributed by atoms with van der Waals surface area (Å²) in [4.78, 5) is 0. The Labute approximate surface area is 63.4 Å². The minimum Gasteiger partial charge on any atom is -0.237 e. The topological polar surface area (TPSA) is 0 Å². The highest BCUT2D eigenvalue weighted by molar-refractivity contribution is 4.77. The van der Waals surface area contributed by atoms with Gasteiger partial charge in [0.05, 0.1) is 5.92 Å². The summed E-state index contributed by atoms with van der Waals surface area (Å²) in [5.74, 6) is -3.02. The van der Waals surface area contributed by atoms with Crippen LogP contribution >= 0.6 is 0 Å². The molecule has 0 radical (unpaired) electrons. The maximum atomic E-state index is 12.0. The normalized spacial score (nSPS) is 19.0. The molecule has 7 heteroatoms. The highest BCUT2D eigenvalue weighted by atomic mass is 19.4. The van der Waals surface area contributed by atoms with Crippen molar-refractivity contribution in [2.75, 3.05) is 0 Å². The first-order chi connectivity index (χ1) is 5.07. The maximum absolute atomic E-state index is 12.0. The number of hydrogen-bond acceptors (Lipinski definition) is 0. The van der Waals surface area contributed by atoms with Gasteiger partial charge in [0, 0.05) is 0 Å². The van der Waals surface area contributed by atoms with E-state index in [0.29, 0.717) is 0 Å². The summed E-state index contributed by atoms with van der Waals surface area (Å²) in [6.45, 7) is 0.151. The summed E-state index contributed by atoms with van der Waals surface area (Å²) >= 11 is 0. The summed E-state index contributed by atoms with van der Waals surface area (Å²) in [6, 6.07) is 0. The summed E-state index contributed by atoms with van der Waals surface area (Å²) in [5.41, 5.74) is 0. The Balaban J connectivity index is 4.41. The molecule has 0 N–H and O–H groups in total. The molecule has 0 fully saturated rings. The second-order valence-electron chi connectivity index (χ2n) is 2.27. The first-order valence-electron chi connectivity index (χ1n) is 2.84. The van der Waals surface area contributed by atoms with Crippen molar-refractivity contribution < 1.29 is 30.7 Å². The van der Waals surface area contributed by atoms with Gasteiger partial charge in [-0.25, -0.2) is 4.39 Å². The van der Waals surface area contributed by atoms with E-state index < -0.39 is 24.4 Å². The van der Waals surface area contributed by atoms with E-state index in [1.165, 1.54) is 0 Å². The third-order valence-corrected chi connectivity index (χ3v) is 1.27. The van der Waals surface area contributed by atoms with Crippen molar-refractivity contribution in [3.05, 3.63) is 0 Å². The van der Waals surface area contributed by atoms with Crippen LogP contribution in [0, 0.1) is 5.92 Å². The van der Waals surface area contributed by atoms with Gasteiger partial charge in [-0.1, -0.05) is 6.92 Å². The first-order valence-corrected chi connectivity index (χ1v) is 2.84. The van der Waals surface area contributed by atoms with Crippen molar-refractivity contribution >= 4 is 0 Å². The summed E-state index contributed by atoms with van der Waals surface area (Å²) in [6.07, 6.45) is -14.5. The molecule has 0 aromatic rings. The van der Waals surface area contributed by atoms with Gasteiger partial charge in [-0.2, -0.15) is 26.3 Å². The van der Waals surface area contributed by atoms with Gasteiger partial charge in [-0.15, -0.1) is 0 Å². The fourth-order valence-electron chi connectivity index (χ4n) is 0.449. The predicted octanol–water partition coefficient (Wildman–Crippen LogP) is 3.09. The van der Waals surface area contributed by atoms with Crippen molar-refractivity contribution in [2.24, 2.45) is 5.92 Å². The van der Waals surface area contributed by atoms with Crippen molar-refractivity contribution in [1.29, 1.82) is 0 Å². The van der Waals surface area contributed by atoms with Gasteiger partial charge in [0.1, 0.15) is 0 Å². The Bertz CT molecular complexity index is 125. The number of halogens is 7. The quantitative estimate of drug-likeness (QED) is 0.568. The van der Waals surface area contributed by atoms with Gasteiger partial charge < -0.3 is 0 Å².